The molecule has 1 aliphatic rings. The van der Waals surface area contributed by atoms with E-state index in [0.717, 1.165) is 18.9 Å². The highest BCUT2D eigenvalue weighted by Crippen LogP contribution is 2.28. The molecule has 0 radical (unpaired) electrons. The summed E-state index contributed by atoms with van der Waals surface area (Å²) in [5.74, 6) is 0.762. The van der Waals surface area contributed by atoms with Crippen LogP contribution in [0.2, 0.25) is 0 Å². The molecule has 1 fully saturated rings. The minimum atomic E-state index is 0.650. The van der Waals surface area contributed by atoms with Gasteiger partial charge in [-0.15, -0.1) is 0 Å². The predicted molar refractivity (Wildman–Crippen MR) is 73.1 cm³/mol. The molecule has 2 nitrogen and oxygen atoms in total. The van der Waals surface area contributed by atoms with Crippen molar-refractivity contribution in [2.24, 2.45) is 5.73 Å². The molecule has 0 aliphatic carbocycles. The number of hydrogen-bond donors (Lipinski definition) is 1. The average Bonchev–Trinajstić information content (AvgIpc) is 2.40. The van der Waals surface area contributed by atoms with Gasteiger partial charge in [0, 0.05) is 6.04 Å². The first-order valence-corrected chi connectivity index (χ1v) is 6.80. The minimum Gasteiger partial charge on any atom is -0.330 e. The van der Waals surface area contributed by atoms with Crippen molar-refractivity contribution in [1.82, 2.24) is 4.90 Å². The first kappa shape index (κ1) is 12.6. The topological polar surface area (TPSA) is 29.3 Å². The molecule has 94 valence electrons. The Morgan fingerprint density at radius 3 is 2.47 bits per heavy atom. The van der Waals surface area contributed by atoms with Gasteiger partial charge < -0.3 is 10.6 Å². The Hall–Kier alpha value is -0.860. The zero-order valence-electron chi connectivity index (χ0n) is 10.8. The largest absolute Gasteiger partial charge is 0.330 e. The van der Waals surface area contributed by atoms with Crippen LogP contribution >= 0.6 is 0 Å². The predicted octanol–water partition coefficient (Wildman–Crippen LogP) is 2.60. The van der Waals surface area contributed by atoms with E-state index in [2.05, 4.69) is 42.2 Å². The van der Waals surface area contributed by atoms with Gasteiger partial charge in [0.2, 0.25) is 0 Å². The number of likely N-dealkylation sites (tertiary alicyclic amines) is 1. The van der Waals surface area contributed by atoms with E-state index in [1.165, 1.54) is 31.5 Å². The van der Waals surface area contributed by atoms with E-state index in [1.54, 1.807) is 0 Å². The second-order valence-electron chi connectivity index (χ2n) is 5.15. The van der Waals surface area contributed by atoms with Gasteiger partial charge in [0.05, 0.1) is 0 Å². The second-order valence-corrected chi connectivity index (χ2v) is 5.15. The molecular weight excluding hydrogens is 208 g/mol. The maximum atomic E-state index is 5.63. The summed E-state index contributed by atoms with van der Waals surface area (Å²) in [6.07, 6.45) is 3.70. The van der Waals surface area contributed by atoms with Crippen molar-refractivity contribution in [3.8, 4) is 0 Å². The first-order chi connectivity index (χ1) is 8.31. The molecule has 0 bridgehead atoms. The summed E-state index contributed by atoms with van der Waals surface area (Å²) >= 11 is 0. The molecule has 17 heavy (non-hydrogen) atoms. The van der Waals surface area contributed by atoms with E-state index >= 15 is 0 Å². The molecule has 0 spiro atoms. The van der Waals surface area contributed by atoms with Crippen LogP contribution in [0.3, 0.4) is 0 Å². The highest BCUT2D eigenvalue weighted by atomic mass is 15.2. The molecule has 1 aromatic rings. The summed E-state index contributed by atoms with van der Waals surface area (Å²) in [7, 11) is 0. The third-order valence-corrected chi connectivity index (χ3v) is 4.01. The van der Waals surface area contributed by atoms with Gasteiger partial charge in [0.15, 0.2) is 0 Å². The number of hydrogen-bond acceptors (Lipinski definition) is 2. The van der Waals surface area contributed by atoms with Crippen LogP contribution in [0.15, 0.2) is 30.3 Å². The van der Waals surface area contributed by atoms with Gasteiger partial charge in [-0.1, -0.05) is 30.3 Å². The minimum absolute atomic E-state index is 0.650. The average molecular weight is 232 g/mol. The number of nitrogens with zero attached hydrogens (tertiary/aromatic N) is 1. The van der Waals surface area contributed by atoms with Crippen LogP contribution in [0.1, 0.15) is 37.7 Å². The molecule has 1 saturated heterocycles. The van der Waals surface area contributed by atoms with E-state index < -0.39 is 0 Å². The van der Waals surface area contributed by atoms with Crippen molar-refractivity contribution >= 4 is 0 Å². The van der Waals surface area contributed by atoms with Crippen molar-refractivity contribution in [3.63, 3.8) is 0 Å². The lowest BCUT2D eigenvalue weighted by molar-refractivity contribution is 0.156. The fourth-order valence-corrected chi connectivity index (χ4v) is 2.82. The maximum Gasteiger partial charge on any atom is 0.00789 e. The maximum absolute atomic E-state index is 5.63. The fourth-order valence-electron chi connectivity index (χ4n) is 2.82. The van der Waals surface area contributed by atoms with Crippen LogP contribution in [0, 0.1) is 0 Å². The molecule has 2 heteroatoms. The number of rotatable bonds is 4. The fraction of sp³-hybridized carbons (Fsp3) is 0.600. The summed E-state index contributed by atoms with van der Waals surface area (Å²) in [6.45, 7) is 5.55. The molecule has 2 rings (SSSR count). The van der Waals surface area contributed by atoms with E-state index in [0.29, 0.717) is 6.04 Å². The number of nitrogens with two attached hydrogens (primary N) is 1. The van der Waals surface area contributed by atoms with E-state index in [1.807, 2.05) is 0 Å². The SMILES string of the molecule is CC(CCN)N1CCC(c2ccccc2)CC1. The van der Waals surface area contributed by atoms with E-state index in [4.69, 9.17) is 5.73 Å². The van der Waals surface area contributed by atoms with Gasteiger partial charge in [0.1, 0.15) is 0 Å². The van der Waals surface area contributed by atoms with Gasteiger partial charge in [-0.25, -0.2) is 0 Å². The molecule has 0 saturated carbocycles. The molecule has 1 aliphatic heterocycles. The van der Waals surface area contributed by atoms with E-state index in [9.17, 15) is 0 Å². The monoisotopic (exact) mass is 232 g/mol. The first-order valence-electron chi connectivity index (χ1n) is 6.80. The lowest BCUT2D eigenvalue weighted by Crippen LogP contribution is -2.40. The zero-order chi connectivity index (χ0) is 12.1. The molecule has 0 amide bonds. The lowest BCUT2D eigenvalue weighted by Gasteiger charge is -2.36. The van der Waals surface area contributed by atoms with Gasteiger partial charge in [-0.05, 0) is 57.3 Å². The van der Waals surface area contributed by atoms with Crippen molar-refractivity contribution in [3.05, 3.63) is 35.9 Å². The highest BCUT2D eigenvalue weighted by Gasteiger charge is 2.22. The van der Waals surface area contributed by atoms with Gasteiger partial charge in [0.25, 0.3) is 0 Å². The Morgan fingerprint density at radius 1 is 1.24 bits per heavy atom. The number of benzene rings is 1. The summed E-state index contributed by atoms with van der Waals surface area (Å²) in [4.78, 5) is 2.59. The zero-order valence-corrected chi connectivity index (χ0v) is 10.8. The quantitative estimate of drug-likeness (QED) is 0.864. The van der Waals surface area contributed by atoms with Gasteiger partial charge >= 0.3 is 0 Å². The molecule has 1 atom stereocenters. The van der Waals surface area contributed by atoms with E-state index in [-0.39, 0.29) is 0 Å². The Bertz CT molecular complexity index is 315. The Kier molecular flexibility index (Phi) is 4.57. The summed E-state index contributed by atoms with van der Waals surface area (Å²) in [5.41, 5.74) is 7.14. The summed E-state index contributed by atoms with van der Waals surface area (Å²) in [5, 5.41) is 0. The van der Waals surface area contributed by atoms with Crippen molar-refractivity contribution in [1.29, 1.82) is 0 Å². The molecule has 0 aromatic heterocycles. The van der Waals surface area contributed by atoms with Crippen LogP contribution in [0.4, 0.5) is 0 Å². The van der Waals surface area contributed by atoms with Gasteiger partial charge in [-0.3, -0.25) is 0 Å². The van der Waals surface area contributed by atoms with Crippen LogP contribution in [0.5, 0.6) is 0 Å². The summed E-state index contributed by atoms with van der Waals surface area (Å²) < 4.78 is 0. The van der Waals surface area contributed by atoms with Gasteiger partial charge in [-0.2, -0.15) is 0 Å². The highest BCUT2D eigenvalue weighted by molar-refractivity contribution is 5.20. The molecular formula is C15H24N2. The Balaban J connectivity index is 1.86. The Morgan fingerprint density at radius 2 is 1.88 bits per heavy atom. The molecule has 1 heterocycles. The van der Waals surface area contributed by atoms with Crippen LogP contribution < -0.4 is 5.73 Å². The molecule has 1 aromatic carbocycles. The number of piperidine rings is 1. The van der Waals surface area contributed by atoms with Crippen LogP contribution in [0.25, 0.3) is 0 Å². The van der Waals surface area contributed by atoms with Crippen molar-refractivity contribution < 1.29 is 0 Å². The third kappa shape index (κ3) is 3.30. The second kappa shape index (κ2) is 6.18. The molecule has 1 unspecified atom stereocenters. The lowest BCUT2D eigenvalue weighted by atomic mass is 9.89. The smallest absolute Gasteiger partial charge is 0.00789 e. The van der Waals surface area contributed by atoms with Crippen LogP contribution in [-0.4, -0.2) is 30.6 Å². The summed E-state index contributed by atoms with van der Waals surface area (Å²) in [6, 6.07) is 11.6. The third-order valence-electron chi connectivity index (χ3n) is 4.01. The van der Waals surface area contributed by atoms with Crippen molar-refractivity contribution in [2.75, 3.05) is 19.6 Å². The van der Waals surface area contributed by atoms with Crippen molar-refractivity contribution in [2.45, 2.75) is 38.1 Å². The van der Waals surface area contributed by atoms with Crippen LogP contribution in [-0.2, 0) is 0 Å². The Labute approximate surface area is 105 Å². The standard InChI is InChI=1S/C15H24N2/c1-13(7-10-16)17-11-8-15(9-12-17)14-5-3-2-4-6-14/h2-6,13,15H,7-12,16H2,1H3. The molecule has 2 N–H and O–H groups in total. The normalized spacial score (nSPS) is 20.4.